The van der Waals surface area contributed by atoms with Gasteiger partial charge in [0, 0.05) is 64.5 Å². The Morgan fingerprint density at radius 1 is 1.14 bits per heavy atom. The normalized spacial score (nSPS) is 24.7. The van der Waals surface area contributed by atoms with Crippen molar-refractivity contribution in [2.75, 3.05) is 71.1 Å². The van der Waals surface area contributed by atoms with Crippen molar-refractivity contribution in [1.29, 1.82) is 0 Å². The van der Waals surface area contributed by atoms with Crippen molar-refractivity contribution < 1.29 is 14.3 Å². The molecule has 3 fully saturated rings. The Labute approximate surface area is 167 Å². The molecule has 0 radical (unpaired) electrons. The number of ether oxygens (including phenoxy) is 2. The smallest absolute Gasteiger partial charge is 0.255 e. The number of nitrogens with zero attached hydrogens (tertiary/aromatic N) is 4. The number of rotatable bonds is 5. The number of hydrogen-bond donors (Lipinski definition) is 0. The van der Waals surface area contributed by atoms with Crippen molar-refractivity contribution in [2.45, 2.75) is 25.3 Å². The maximum absolute atomic E-state index is 12.9. The van der Waals surface area contributed by atoms with Crippen LogP contribution >= 0.6 is 0 Å². The van der Waals surface area contributed by atoms with E-state index in [1.54, 1.807) is 13.3 Å². The molecule has 1 aromatic heterocycles. The summed E-state index contributed by atoms with van der Waals surface area (Å²) >= 11 is 0. The van der Waals surface area contributed by atoms with Crippen molar-refractivity contribution in [2.24, 2.45) is 5.92 Å². The molecule has 1 amide bonds. The molecule has 0 N–H and O–H groups in total. The summed E-state index contributed by atoms with van der Waals surface area (Å²) in [6.07, 6.45) is 4.97. The van der Waals surface area contributed by atoms with Crippen LogP contribution in [0.3, 0.4) is 0 Å². The van der Waals surface area contributed by atoms with E-state index in [0.717, 1.165) is 84.2 Å². The van der Waals surface area contributed by atoms with E-state index in [-0.39, 0.29) is 5.91 Å². The third kappa shape index (κ3) is 4.47. The molecule has 4 rings (SSSR count). The quantitative estimate of drug-likeness (QED) is 0.762. The average molecular weight is 389 g/mol. The molecule has 0 bridgehead atoms. The second-order valence-corrected chi connectivity index (χ2v) is 8.13. The first-order valence-corrected chi connectivity index (χ1v) is 10.6. The van der Waals surface area contributed by atoms with Crippen LogP contribution in [-0.2, 0) is 9.47 Å². The van der Waals surface area contributed by atoms with E-state index in [9.17, 15) is 4.79 Å². The summed E-state index contributed by atoms with van der Waals surface area (Å²) in [7, 11) is 1.76. The number of pyridine rings is 1. The fraction of sp³-hybridized carbons (Fsp3) is 0.714. The second kappa shape index (κ2) is 9.20. The molecule has 4 heterocycles. The lowest BCUT2D eigenvalue weighted by Gasteiger charge is -2.40. The van der Waals surface area contributed by atoms with Gasteiger partial charge >= 0.3 is 0 Å². The van der Waals surface area contributed by atoms with E-state index in [1.807, 2.05) is 17.0 Å². The van der Waals surface area contributed by atoms with Crippen molar-refractivity contribution in [3.63, 3.8) is 0 Å². The highest BCUT2D eigenvalue weighted by atomic mass is 16.5. The van der Waals surface area contributed by atoms with Gasteiger partial charge in [-0.1, -0.05) is 0 Å². The van der Waals surface area contributed by atoms with Crippen LogP contribution in [0.25, 0.3) is 0 Å². The maximum Gasteiger partial charge on any atom is 0.255 e. The van der Waals surface area contributed by atoms with E-state index < -0.39 is 0 Å². The van der Waals surface area contributed by atoms with Crippen LogP contribution in [0, 0.1) is 5.92 Å². The molecular weight excluding hydrogens is 356 g/mol. The van der Waals surface area contributed by atoms with Gasteiger partial charge in [-0.05, 0) is 31.4 Å². The molecule has 0 saturated carbocycles. The van der Waals surface area contributed by atoms with E-state index in [1.165, 1.54) is 0 Å². The van der Waals surface area contributed by atoms with Crippen LogP contribution in [0.1, 0.15) is 29.6 Å². The van der Waals surface area contributed by atoms with Crippen LogP contribution in [0.15, 0.2) is 18.3 Å². The minimum atomic E-state index is 0.109. The number of carbonyl (C=O) groups excluding carboxylic acids is 1. The zero-order chi connectivity index (χ0) is 19.3. The number of anilines is 1. The predicted octanol–water partition coefficient (Wildman–Crippen LogP) is 1.49. The zero-order valence-corrected chi connectivity index (χ0v) is 16.9. The van der Waals surface area contributed by atoms with Gasteiger partial charge in [-0.25, -0.2) is 4.98 Å². The number of carbonyl (C=O) groups is 1. The van der Waals surface area contributed by atoms with E-state index in [2.05, 4.69) is 14.8 Å². The lowest BCUT2D eigenvalue weighted by molar-refractivity contribution is 0.00158. The van der Waals surface area contributed by atoms with Crippen molar-refractivity contribution in [1.82, 2.24) is 14.8 Å². The fourth-order valence-corrected chi connectivity index (χ4v) is 4.67. The molecule has 0 aliphatic carbocycles. The van der Waals surface area contributed by atoms with Gasteiger partial charge in [-0.3, -0.25) is 9.69 Å². The SMILES string of the molecule is COC[C@@H]1CCN(c2ccc(C(=O)N3CCC(N4CCOCC4)CC3)cn2)C1. The predicted molar refractivity (Wildman–Crippen MR) is 108 cm³/mol. The number of amides is 1. The topological polar surface area (TPSA) is 58.1 Å². The number of aromatic nitrogens is 1. The summed E-state index contributed by atoms with van der Waals surface area (Å²) in [4.78, 5) is 24.2. The molecule has 28 heavy (non-hydrogen) atoms. The number of hydrogen-bond acceptors (Lipinski definition) is 6. The lowest BCUT2D eigenvalue weighted by atomic mass is 10.0. The molecule has 154 valence electrons. The molecule has 3 saturated heterocycles. The lowest BCUT2D eigenvalue weighted by Crippen LogP contribution is -2.50. The average Bonchev–Trinajstić information content (AvgIpc) is 3.23. The molecular formula is C21H32N4O3. The minimum absolute atomic E-state index is 0.109. The Morgan fingerprint density at radius 2 is 1.93 bits per heavy atom. The largest absolute Gasteiger partial charge is 0.384 e. The number of morpholine rings is 1. The Morgan fingerprint density at radius 3 is 2.61 bits per heavy atom. The number of likely N-dealkylation sites (tertiary alicyclic amines) is 1. The first-order valence-electron chi connectivity index (χ1n) is 10.6. The molecule has 7 heteroatoms. The van der Waals surface area contributed by atoms with E-state index in [4.69, 9.17) is 9.47 Å². The molecule has 7 nitrogen and oxygen atoms in total. The molecule has 3 aliphatic heterocycles. The standard InChI is InChI=1S/C21H32N4O3/c1-27-16-17-4-7-25(15-17)20-3-2-18(14-22-20)21(26)24-8-5-19(6-9-24)23-10-12-28-13-11-23/h2-3,14,17,19H,4-13,15-16H2,1H3/t17-/m1/s1. The Kier molecular flexibility index (Phi) is 6.44. The van der Waals surface area contributed by atoms with E-state index in [0.29, 0.717) is 17.5 Å². The van der Waals surface area contributed by atoms with Gasteiger partial charge in [0.2, 0.25) is 0 Å². The molecule has 1 atom stereocenters. The van der Waals surface area contributed by atoms with Gasteiger partial charge in [0.25, 0.3) is 5.91 Å². The first kappa shape index (κ1) is 19.6. The third-order valence-corrected chi connectivity index (χ3v) is 6.32. The molecule has 0 aromatic carbocycles. The van der Waals surface area contributed by atoms with Crippen LogP contribution < -0.4 is 4.90 Å². The molecule has 3 aliphatic rings. The maximum atomic E-state index is 12.9. The first-order chi connectivity index (χ1) is 13.7. The fourth-order valence-electron chi connectivity index (χ4n) is 4.67. The monoisotopic (exact) mass is 388 g/mol. The highest BCUT2D eigenvalue weighted by molar-refractivity contribution is 5.94. The van der Waals surface area contributed by atoms with Gasteiger partial charge < -0.3 is 19.3 Å². The summed E-state index contributed by atoms with van der Waals surface area (Å²) in [5.74, 6) is 1.64. The number of piperidine rings is 1. The Hall–Kier alpha value is -1.70. The summed E-state index contributed by atoms with van der Waals surface area (Å²) in [6, 6.07) is 4.51. The van der Waals surface area contributed by atoms with Crippen molar-refractivity contribution >= 4 is 11.7 Å². The zero-order valence-electron chi connectivity index (χ0n) is 16.9. The van der Waals surface area contributed by atoms with Crippen molar-refractivity contribution in [3.8, 4) is 0 Å². The molecule has 1 aromatic rings. The molecule has 0 unspecified atom stereocenters. The van der Waals surface area contributed by atoms with Crippen LogP contribution in [0.5, 0.6) is 0 Å². The van der Waals surface area contributed by atoms with Crippen LogP contribution in [0.4, 0.5) is 5.82 Å². The third-order valence-electron chi connectivity index (χ3n) is 6.32. The van der Waals surface area contributed by atoms with Gasteiger partial charge in [0.05, 0.1) is 25.4 Å². The van der Waals surface area contributed by atoms with Gasteiger partial charge in [0.1, 0.15) is 5.82 Å². The molecule has 0 spiro atoms. The summed E-state index contributed by atoms with van der Waals surface area (Å²) < 4.78 is 10.7. The Balaban J connectivity index is 1.29. The van der Waals surface area contributed by atoms with Gasteiger partial charge in [-0.15, -0.1) is 0 Å². The Bertz CT molecular complexity index is 640. The van der Waals surface area contributed by atoms with Crippen molar-refractivity contribution in [3.05, 3.63) is 23.9 Å². The summed E-state index contributed by atoms with van der Waals surface area (Å²) in [6.45, 7) is 8.14. The van der Waals surface area contributed by atoms with E-state index >= 15 is 0 Å². The van der Waals surface area contributed by atoms with Gasteiger partial charge in [-0.2, -0.15) is 0 Å². The number of methoxy groups -OCH3 is 1. The highest BCUT2D eigenvalue weighted by Crippen LogP contribution is 2.23. The van der Waals surface area contributed by atoms with Crippen LogP contribution in [0.2, 0.25) is 0 Å². The van der Waals surface area contributed by atoms with Crippen LogP contribution in [-0.4, -0.2) is 92.9 Å². The van der Waals surface area contributed by atoms with Gasteiger partial charge in [0.15, 0.2) is 0 Å². The minimum Gasteiger partial charge on any atom is -0.384 e. The second-order valence-electron chi connectivity index (χ2n) is 8.13. The highest BCUT2D eigenvalue weighted by Gasteiger charge is 2.29. The summed E-state index contributed by atoms with van der Waals surface area (Å²) in [5, 5.41) is 0. The summed E-state index contributed by atoms with van der Waals surface area (Å²) in [5.41, 5.74) is 0.696.